The number of aromatic nitrogens is 2. The van der Waals surface area contributed by atoms with E-state index < -0.39 is 0 Å². The highest BCUT2D eigenvalue weighted by Gasteiger charge is 2.31. The Morgan fingerprint density at radius 2 is 1.97 bits per heavy atom. The van der Waals surface area contributed by atoms with Crippen LogP contribution in [0.5, 0.6) is 11.5 Å². The van der Waals surface area contributed by atoms with Crippen molar-refractivity contribution in [2.75, 3.05) is 25.2 Å². The van der Waals surface area contributed by atoms with E-state index in [1.165, 1.54) is 6.20 Å². The van der Waals surface area contributed by atoms with Crippen LogP contribution >= 0.6 is 0 Å². The largest absolute Gasteiger partial charge is 0.497 e. The van der Waals surface area contributed by atoms with Gasteiger partial charge in [-0.2, -0.15) is 0 Å². The topological polar surface area (TPSA) is 90.7 Å². The molecule has 1 fully saturated rings. The van der Waals surface area contributed by atoms with E-state index in [0.29, 0.717) is 37.6 Å². The highest BCUT2D eigenvalue weighted by molar-refractivity contribution is 5.96. The first-order chi connectivity index (χ1) is 17.0. The maximum absolute atomic E-state index is 12.7. The number of anilines is 1. The lowest BCUT2D eigenvalue weighted by Crippen LogP contribution is -2.25. The first-order valence-electron chi connectivity index (χ1n) is 12.1. The summed E-state index contributed by atoms with van der Waals surface area (Å²) >= 11 is 0. The van der Waals surface area contributed by atoms with E-state index in [0.717, 1.165) is 53.7 Å². The van der Waals surface area contributed by atoms with Crippen molar-refractivity contribution in [1.29, 1.82) is 0 Å². The third kappa shape index (κ3) is 4.92. The van der Waals surface area contributed by atoms with Crippen LogP contribution in [0.25, 0.3) is 11.0 Å². The summed E-state index contributed by atoms with van der Waals surface area (Å²) in [5.74, 6) is 1.93. The number of ether oxygens (including phenoxy) is 2. The molecule has 0 unspecified atom stereocenters. The van der Waals surface area contributed by atoms with Crippen molar-refractivity contribution in [3.05, 3.63) is 58.5 Å². The van der Waals surface area contributed by atoms with Crippen molar-refractivity contribution >= 4 is 28.4 Å². The third-order valence-corrected chi connectivity index (χ3v) is 6.88. The molecule has 0 radical (unpaired) electrons. The van der Waals surface area contributed by atoms with Crippen molar-refractivity contribution in [2.24, 2.45) is 5.92 Å². The summed E-state index contributed by atoms with van der Waals surface area (Å²) in [6.45, 7) is 1.44. The van der Waals surface area contributed by atoms with E-state index in [-0.39, 0.29) is 23.9 Å². The van der Waals surface area contributed by atoms with Gasteiger partial charge in [-0.15, -0.1) is 0 Å². The van der Waals surface area contributed by atoms with Gasteiger partial charge in [0.1, 0.15) is 18.1 Å². The second-order valence-electron chi connectivity index (χ2n) is 9.32. The maximum atomic E-state index is 12.7. The molecule has 3 heterocycles. The normalized spacial score (nSPS) is 17.5. The van der Waals surface area contributed by atoms with Crippen LogP contribution in [0.4, 0.5) is 5.69 Å². The predicted octanol–water partition coefficient (Wildman–Crippen LogP) is 3.52. The zero-order valence-corrected chi connectivity index (χ0v) is 19.9. The van der Waals surface area contributed by atoms with Gasteiger partial charge in [0.25, 0.3) is 5.56 Å². The monoisotopic (exact) mass is 475 g/mol. The number of methoxy groups -OCH3 is 1. The molecule has 0 aliphatic carbocycles. The van der Waals surface area contributed by atoms with Crippen LogP contribution in [0, 0.1) is 5.92 Å². The third-order valence-electron chi connectivity index (χ3n) is 6.88. The molecule has 3 aromatic rings. The minimum Gasteiger partial charge on any atom is -0.497 e. The minimum absolute atomic E-state index is 0.0569. The minimum atomic E-state index is -0.111. The Labute approximate surface area is 203 Å². The lowest BCUT2D eigenvalue weighted by atomic mass is 10.0. The Morgan fingerprint density at radius 1 is 1.09 bits per heavy atom. The fourth-order valence-electron chi connectivity index (χ4n) is 5.04. The van der Waals surface area contributed by atoms with Crippen molar-refractivity contribution in [2.45, 2.75) is 45.1 Å². The lowest BCUT2D eigenvalue weighted by molar-refractivity contribution is -0.121. The van der Waals surface area contributed by atoms with E-state index in [9.17, 15) is 14.4 Å². The Balaban J connectivity index is 1.14. The molecule has 8 heteroatoms. The summed E-state index contributed by atoms with van der Waals surface area (Å²) in [7, 11) is 1.61. The number of fused-ring (bicyclic) bond motifs is 2. The van der Waals surface area contributed by atoms with Crippen molar-refractivity contribution in [3.63, 3.8) is 0 Å². The van der Waals surface area contributed by atoms with E-state index >= 15 is 0 Å². The molecule has 1 atom stereocenters. The van der Waals surface area contributed by atoms with Crippen LogP contribution in [-0.4, -0.2) is 41.5 Å². The molecule has 5 rings (SSSR count). The SMILES string of the molecule is COc1ccc2ncc(=O)n(CCCCC[C@H]3CC(=O)N(c4ccc5c(c4)CC(=O)CO5)C3)c2c1. The van der Waals surface area contributed by atoms with Crippen LogP contribution in [0.3, 0.4) is 0 Å². The Morgan fingerprint density at radius 3 is 2.83 bits per heavy atom. The number of benzene rings is 2. The molecular weight excluding hydrogens is 446 g/mol. The predicted molar refractivity (Wildman–Crippen MR) is 132 cm³/mol. The first-order valence-corrected chi connectivity index (χ1v) is 12.1. The Hall–Kier alpha value is -3.68. The highest BCUT2D eigenvalue weighted by atomic mass is 16.5. The van der Waals surface area contributed by atoms with E-state index in [4.69, 9.17) is 9.47 Å². The number of nitrogens with zero attached hydrogens (tertiary/aromatic N) is 3. The average Bonchev–Trinajstić information content (AvgIpc) is 3.24. The number of rotatable bonds is 8. The summed E-state index contributed by atoms with van der Waals surface area (Å²) in [5.41, 5.74) is 3.14. The summed E-state index contributed by atoms with van der Waals surface area (Å²) in [4.78, 5) is 42.9. The summed E-state index contributed by atoms with van der Waals surface area (Å²) in [6.07, 6.45) is 6.09. The van der Waals surface area contributed by atoms with Crippen LogP contribution in [0.1, 0.15) is 37.7 Å². The molecule has 1 amide bonds. The molecule has 182 valence electrons. The van der Waals surface area contributed by atoms with Crippen LogP contribution < -0.4 is 19.9 Å². The summed E-state index contributed by atoms with van der Waals surface area (Å²) in [6, 6.07) is 11.2. The number of Topliss-reactive ketones (excluding diaryl/α,β-unsaturated/α-hetero) is 1. The lowest BCUT2D eigenvalue weighted by Gasteiger charge is -2.21. The van der Waals surface area contributed by atoms with Crippen LogP contribution in [0.2, 0.25) is 0 Å². The number of hydrogen-bond donors (Lipinski definition) is 0. The van der Waals surface area contributed by atoms with Gasteiger partial charge in [-0.3, -0.25) is 14.4 Å². The molecule has 1 saturated heterocycles. The van der Waals surface area contributed by atoms with Gasteiger partial charge < -0.3 is 18.9 Å². The number of carbonyl (C=O) groups excluding carboxylic acids is 2. The number of aryl methyl sites for hydroxylation is 1. The Bertz CT molecular complexity index is 1330. The van der Waals surface area contributed by atoms with Gasteiger partial charge >= 0.3 is 0 Å². The Kier molecular flexibility index (Phi) is 6.53. The number of amides is 1. The zero-order chi connectivity index (χ0) is 24.4. The molecule has 0 bridgehead atoms. The summed E-state index contributed by atoms with van der Waals surface area (Å²) < 4.78 is 12.5. The summed E-state index contributed by atoms with van der Waals surface area (Å²) in [5, 5.41) is 0. The molecule has 2 aromatic carbocycles. The molecule has 0 N–H and O–H groups in total. The second-order valence-corrected chi connectivity index (χ2v) is 9.32. The van der Waals surface area contributed by atoms with Crippen molar-refractivity contribution < 1.29 is 19.1 Å². The van der Waals surface area contributed by atoms with Crippen molar-refractivity contribution in [1.82, 2.24) is 9.55 Å². The first kappa shape index (κ1) is 23.1. The van der Waals surface area contributed by atoms with Gasteiger partial charge in [0.05, 0.1) is 24.3 Å². The zero-order valence-electron chi connectivity index (χ0n) is 19.9. The molecule has 0 spiro atoms. The van der Waals surface area contributed by atoms with E-state index in [2.05, 4.69) is 4.98 Å². The smallest absolute Gasteiger partial charge is 0.269 e. The van der Waals surface area contributed by atoms with Crippen molar-refractivity contribution in [3.8, 4) is 11.5 Å². The maximum Gasteiger partial charge on any atom is 0.269 e. The molecule has 2 aliphatic rings. The average molecular weight is 476 g/mol. The molecular formula is C27H29N3O5. The molecule has 2 aliphatic heterocycles. The molecule has 1 aromatic heterocycles. The fourth-order valence-corrected chi connectivity index (χ4v) is 5.04. The number of carbonyl (C=O) groups is 2. The van der Waals surface area contributed by atoms with Crippen LogP contribution in [-0.2, 0) is 22.6 Å². The quantitative estimate of drug-likeness (QED) is 0.463. The molecule has 35 heavy (non-hydrogen) atoms. The van der Waals surface area contributed by atoms with Gasteiger partial charge in [-0.05, 0) is 49.1 Å². The standard InChI is InChI=1S/C27H29N3O5/c1-34-22-7-8-23-24(14-22)29(27(33)15-28-23)10-4-2-3-5-18-11-26(32)30(16-18)20-6-9-25-19(12-20)13-21(31)17-35-25/h6-9,12,14-15,18H,2-5,10-11,13,16-17H2,1H3/t18-/m0/s1. The number of hydrogen-bond acceptors (Lipinski definition) is 6. The van der Waals surface area contributed by atoms with E-state index in [1.807, 2.05) is 41.3 Å². The second kappa shape index (κ2) is 9.90. The van der Waals surface area contributed by atoms with Crippen LogP contribution in [0.15, 0.2) is 47.4 Å². The van der Waals surface area contributed by atoms with Gasteiger partial charge in [-0.25, -0.2) is 4.98 Å². The van der Waals surface area contributed by atoms with Gasteiger partial charge in [-0.1, -0.05) is 12.8 Å². The number of ketones is 1. The van der Waals surface area contributed by atoms with Gasteiger partial charge in [0.2, 0.25) is 5.91 Å². The number of unbranched alkanes of at least 4 members (excludes halogenated alkanes) is 2. The molecule has 0 saturated carbocycles. The fraction of sp³-hybridized carbons (Fsp3) is 0.407. The van der Waals surface area contributed by atoms with Gasteiger partial charge in [0.15, 0.2) is 5.78 Å². The highest BCUT2D eigenvalue weighted by Crippen LogP contribution is 2.33. The molecule has 8 nitrogen and oxygen atoms in total. The van der Waals surface area contributed by atoms with Gasteiger partial charge in [0, 0.05) is 43.2 Å². The van der Waals surface area contributed by atoms with E-state index in [1.54, 1.807) is 11.7 Å².